The zero-order chi connectivity index (χ0) is 4.41. The minimum atomic E-state index is 0.00463. The van der Waals surface area contributed by atoms with Gasteiger partial charge in [0.25, 0.3) is 0 Å². The molecule has 0 aliphatic carbocycles. The summed E-state index contributed by atoms with van der Waals surface area (Å²) in [5.41, 5.74) is 2.48. The monoisotopic (exact) mass is 86.0 g/mol. The highest BCUT2D eigenvalue weighted by atomic mass is 16.7. The van der Waals surface area contributed by atoms with Crippen LogP contribution in [0.3, 0.4) is 0 Å². The highest BCUT2D eigenvalue weighted by Crippen LogP contribution is 1.90. The summed E-state index contributed by atoms with van der Waals surface area (Å²) in [5, 5.41) is 0. The van der Waals surface area contributed by atoms with Crippen molar-refractivity contribution in [2.45, 2.75) is 13.2 Å². The molecule has 0 saturated heterocycles. The van der Waals surface area contributed by atoms with E-state index < -0.39 is 0 Å². The van der Waals surface area contributed by atoms with E-state index in [0.29, 0.717) is 0 Å². The topological polar surface area (TPSA) is 33.6 Å². The van der Waals surface area contributed by atoms with Gasteiger partial charge in [-0.15, -0.1) is 0 Å². The average Bonchev–Trinajstić information content (AvgIpc) is 1.86. The molecule has 0 fully saturated rings. The average molecular weight is 86.1 g/mol. The molecule has 0 aromatic heterocycles. The lowest BCUT2D eigenvalue weighted by molar-refractivity contribution is 0.0516. The number of hydrogen-bond acceptors (Lipinski definition) is 3. The van der Waals surface area contributed by atoms with Crippen molar-refractivity contribution >= 4 is 6.34 Å². The van der Waals surface area contributed by atoms with Crippen molar-refractivity contribution in [2.24, 2.45) is 4.99 Å². The van der Waals surface area contributed by atoms with Crippen LogP contribution in [0.1, 0.15) is 6.92 Å². The van der Waals surface area contributed by atoms with E-state index in [1.807, 2.05) is 6.92 Å². The third-order valence-corrected chi connectivity index (χ3v) is 0.576. The Hall–Kier alpha value is -0.570. The third kappa shape index (κ3) is 0.490. The number of aliphatic imine (C=N–C) groups is 1. The first-order valence-electron chi connectivity index (χ1n) is 1.82. The van der Waals surface area contributed by atoms with Crippen molar-refractivity contribution in [3.63, 3.8) is 0 Å². The smallest absolute Gasteiger partial charge is 0.173 e. The van der Waals surface area contributed by atoms with Gasteiger partial charge in [0.2, 0.25) is 0 Å². The fourth-order valence-electron chi connectivity index (χ4n) is 0.295. The van der Waals surface area contributed by atoms with Gasteiger partial charge in [-0.25, -0.2) is 9.83 Å². The van der Waals surface area contributed by atoms with Gasteiger partial charge >= 0.3 is 0 Å². The summed E-state index contributed by atoms with van der Waals surface area (Å²) in [7, 11) is 0. The molecule has 1 aliphatic heterocycles. The van der Waals surface area contributed by atoms with Crippen LogP contribution < -0.4 is 5.48 Å². The maximum atomic E-state index is 4.68. The minimum absolute atomic E-state index is 0.00463. The van der Waals surface area contributed by atoms with Crippen LogP contribution >= 0.6 is 0 Å². The molecule has 0 radical (unpaired) electrons. The van der Waals surface area contributed by atoms with Crippen molar-refractivity contribution in [3.8, 4) is 0 Å². The standard InChI is InChI=1S/C3H6N2O/c1-3-4-2-5-6-3/h2-3H,1H3,(H,4,5). The van der Waals surface area contributed by atoms with E-state index in [0.717, 1.165) is 0 Å². The zero-order valence-corrected chi connectivity index (χ0v) is 3.51. The fourth-order valence-corrected chi connectivity index (χ4v) is 0.295. The molecule has 0 aromatic carbocycles. The van der Waals surface area contributed by atoms with Crippen molar-refractivity contribution in [1.29, 1.82) is 0 Å². The lowest BCUT2D eigenvalue weighted by Gasteiger charge is -1.91. The molecule has 34 valence electrons. The molecule has 1 rings (SSSR count). The molecule has 3 heteroatoms. The molecule has 0 saturated carbocycles. The largest absolute Gasteiger partial charge is 0.254 e. The van der Waals surface area contributed by atoms with E-state index in [1.54, 1.807) is 0 Å². The first-order chi connectivity index (χ1) is 2.89. The van der Waals surface area contributed by atoms with Crippen molar-refractivity contribution in [1.82, 2.24) is 5.48 Å². The van der Waals surface area contributed by atoms with Crippen LogP contribution in [-0.2, 0) is 4.84 Å². The number of hydrogen-bond donors (Lipinski definition) is 1. The van der Waals surface area contributed by atoms with Crippen LogP contribution in [0.5, 0.6) is 0 Å². The second-order valence-electron chi connectivity index (χ2n) is 1.11. The summed E-state index contributed by atoms with van der Waals surface area (Å²) < 4.78 is 0. The normalized spacial score (nSPS) is 30.5. The van der Waals surface area contributed by atoms with E-state index in [1.165, 1.54) is 6.34 Å². The Labute approximate surface area is 36.0 Å². The maximum Gasteiger partial charge on any atom is 0.173 e. The van der Waals surface area contributed by atoms with E-state index in [4.69, 9.17) is 0 Å². The molecular weight excluding hydrogens is 80.0 g/mol. The van der Waals surface area contributed by atoms with Crippen LogP contribution in [0.4, 0.5) is 0 Å². The Morgan fingerprint density at radius 1 is 2.00 bits per heavy atom. The fraction of sp³-hybridized carbons (Fsp3) is 0.667. The Morgan fingerprint density at radius 3 is 3.00 bits per heavy atom. The van der Waals surface area contributed by atoms with E-state index in [-0.39, 0.29) is 6.23 Å². The van der Waals surface area contributed by atoms with Crippen molar-refractivity contribution < 1.29 is 4.84 Å². The molecule has 0 spiro atoms. The van der Waals surface area contributed by atoms with Gasteiger partial charge in [-0.2, -0.15) is 0 Å². The Kier molecular flexibility index (Phi) is 0.759. The van der Waals surface area contributed by atoms with E-state index in [9.17, 15) is 0 Å². The number of hydroxylamine groups is 1. The number of nitrogens with one attached hydrogen (secondary N) is 1. The predicted octanol–water partition coefficient (Wildman–Crippen LogP) is -0.104. The summed E-state index contributed by atoms with van der Waals surface area (Å²) in [6.07, 6.45) is 1.54. The lowest BCUT2D eigenvalue weighted by atomic mass is 10.7. The SMILES string of the molecule is CC1N=CNO1. The first-order valence-corrected chi connectivity index (χ1v) is 1.82. The molecule has 1 atom stereocenters. The van der Waals surface area contributed by atoms with Gasteiger partial charge in [-0.3, -0.25) is 5.48 Å². The highest BCUT2D eigenvalue weighted by molar-refractivity contribution is 5.53. The van der Waals surface area contributed by atoms with Crippen molar-refractivity contribution in [2.75, 3.05) is 0 Å². The van der Waals surface area contributed by atoms with Gasteiger partial charge < -0.3 is 0 Å². The second-order valence-corrected chi connectivity index (χ2v) is 1.11. The molecular formula is C3H6N2O. The van der Waals surface area contributed by atoms with E-state index >= 15 is 0 Å². The maximum absolute atomic E-state index is 4.68. The second kappa shape index (κ2) is 1.26. The van der Waals surface area contributed by atoms with Gasteiger partial charge in [0.1, 0.15) is 6.34 Å². The summed E-state index contributed by atoms with van der Waals surface area (Å²) >= 11 is 0. The molecule has 1 N–H and O–H groups in total. The van der Waals surface area contributed by atoms with Gasteiger partial charge in [0.05, 0.1) is 0 Å². The first kappa shape index (κ1) is 3.61. The van der Waals surface area contributed by atoms with Gasteiger partial charge in [0, 0.05) is 0 Å². The van der Waals surface area contributed by atoms with Crippen LogP contribution in [0.15, 0.2) is 4.99 Å². The van der Waals surface area contributed by atoms with Gasteiger partial charge in [-0.1, -0.05) is 0 Å². The lowest BCUT2D eigenvalue weighted by Crippen LogP contribution is -2.07. The Bertz CT molecular complexity index is 71.2. The van der Waals surface area contributed by atoms with E-state index in [2.05, 4.69) is 15.3 Å². The molecule has 0 aromatic rings. The highest BCUT2D eigenvalue weighted by Gasteiger charge is 1.98. The molecule has 0 bridgehead atoms. The molecule has 0 amide bonds. The predicted molar refractivity (Wildman–Crippen MR) is 22.2 cm³/mol. The Balaban J connectivity index is 2.38. The number of nitrogens with zero attached hydrogens (tertiary/aromatic N) is 1. The summed E-state index contributed by atoms with van der Waals surface area (Å²) in [6, 6.07) is 0. The third-order valence-electron chi connectivity index (χ3n) is 0.576. The molecule has 6 heavy (non-hydrogen) atoms. The quantitative estimate of drug-likeness (QED) is 0.446. The van der Waals surface area contributed by atoms with Gasteiger partial charge in [-0.05, 0) is 6.92 Å². The van der Waals surface area contributed by atoms with Crippen LogP contribution in [-0.4, -0.2) is 12.6 Å². The number of rotatable bonds is 0. The summed E-state index contributed by atoms with van der Waals surface area (Å²) in [5.74, 6) is 0. The summed E-state index contributed by atoms with van der Waals surface area (Å²) in [4.78, 5) is 8.46. The van der Waals surface area contributed by atoms with Gasteiger partial charge in [0.15, 0.2) is 6.23 Å². The summed E-state index contributed by atoms with van der Waals surface area (Å²) in [6.45, 7) is 1.86. The molecule has 1 unspecified atom stereocenters. The van der Waals surface area contributed by atoms with Crippen LogP contribution in [0, 0.1) is 0 Å². The molecule has 1 heterocycles. The minimum Gasteiger partial charge on any atom is -0.254 e. The Morgan fingerprint density at radius 2 is 2.83 bits per heavy atom. The molecule has 1 aliphatic rings. The zero-order valence-electron chi connectivity index (χ0n) is 3.51. The van der Waals surface area contributed by atoms with Crippen molar-refractivity contribution in [3.05, 3.63) is 0 Å². The van der Waals surface area contributed by atoms with Crippen LogP contribution in [0.2, 0.25) is 0 Å². The van der Waals surface area contributed by atoms with Crippen LogP contribution in [0.25, 0.3) is 0 Å². The molecule has 3 nitrogen and oxygen atoms in total.